The van der Waals surface area contributed by atoms with Crippen molar-refractivity contribution < 1.29 is 0 Å². The number of para-hydroxylation sites is 3. The Labute approximate surface area is 389 Å². The summed E-state index contributed by atoms with van der Waals surface area (Å²) < 4.78 is 0. The number of hydrogen-bond donors (Lipinski definition) is 0. The number of nitrogens with zero attached hydrogens (tertiary/aromatic N) is 3. The molecule has 3 nitrogen and oxygen atoms in total. The zero-order chi connectivity index (χ0) is 45.0. The fraction of sp³-hybridized carbons (Fsp3) is 0.143. The molecule has 9 aromatic carbocycles. The van der Waals surface area contributed by atoms with Gasteiger partial charge < -0.3 is 14.7 Å². The number of anilines is 9. The third-order valence-corrected chi connectivity index (χ3v) is 14.9. The maximum atomic E-state index is 2.68. The second kappa shape index (κ2) is 14.7. The normalized spacial score (nSPS) is 15.2. The Balaban J connectivity index is 1.10. The molecule has 0 radical (unpaired) electrons. The van der Waals surface area contributed by atoms with E-state index in [1.54, 1.807) is 0 Å². The zero-order valence-electron chi connectivity index (χ0n) is 38.5. The summed E-state index contributed by atoms with van der Waals surface area (Å²) in [6, 6.07) is 78.3. The molecule has 3 aliphatic rings. The molecule has 0 saturated carbocycles. The van der Waals surface area contributed by atoms with E-state index in [0.717, 1.165) is 34.1 Å². The molecule has 0 atom stereocenters. The predicted molar refractivity (Wildman–Crippen MR) is 278 cm³/mol. The second-order valence-corrected chi connectivity index (χ2v) is 19.9. The van der Waals surface area contributed by atoms with Gasteiger partial charge >= 0.3 is 0 Å². The van der Waals surface area contributed by atoms with Crippen LogP contribution in [0.5, 0.6) is 0 Å². The van der Waals surface area contributed by atoms with Crippen molar-refractivity contribution >= 4 is 51.2 Å². The average molecular weight is 852 g/mol. The SMILES string of the molecule is CC1(C)c2cccc3c2N2c4c1cc(N(c1ccccc1)c1ccc(-c5ccccc5)cc1)cc4C(C)(C)c1cc(N(c4ccccc4)c4ccc(-c5ccccc5)cc4)cc(c12)C3(C)C. The Bertz CT molecular complexity index is 3080. The first-order valence-electron chi connectivity index (χ1n) is 23.4. The van der Waals surface area contributed by atoms with Crippen LogP contribution in [-0.4, -0.2) is 0 Å². The Hall–Kier alpha value is -7.62. The lowest BCUT2D eigenvalue weighted by atomic mass is 9.60. The Morgan fingerprint density at radius 1 is 0.258 bits per heavy atom. The van der Waals surface area contributed by atoms with Crippen molar-refractivity contribution in [3.63, 3.8) is 0 Å². The number of hydrogen-bond acceptors (Lipinski definition) is 3. The van der Waals surface area contributed by atoms with Crippen LogP contribution in [0, 0.1) is 0 Å². The number of benzene rings is 9. The molecule has 66 heavy (non-hydrogen) atoms. The highest BCUT2D eigenvalue weighted by Crippen LogP contribution is 2.67. The fourth-order valence-electron chi connectivity index (χ4n) is 11.4. The lowest BCUT2D eigenvalue weighted by molar-refractivity contribution is 0.567. The standard InChI is InChI=1S/C63H53N3/c1-61(2)52-28-19-29-53-58(52)66-59-54(61)38-50(64(46-24-15-9-16-25-46)48-34-30-44(31-35-48)42-20-11-7-12-21-42)40-56(59)63(5,6)57-41-51(39-55(60(57)66)62(53,3)4)65(47-26-17-10-18-27-47)49-36-32-45(33-37-49)43-22-13-8-14-23-43/h7-41H,1-6H3. The Kier molecular flexibility index (Phi) is 8.90. The van der Waals surface area contributed by atoms with Gasteiger partial charge in [-0.15, -0.1) is 0 Å². The van der Waals surface area contributed by atoms with Crippen molar-refractivity contribution in [2.24, 2.45) is 0 Å². The Morgan fingerprint density at radius 2 is 0.530 bits per heavy atom. The van der Waals surface area contributed by atoms with Crippen molar-refractivity contribution in [1.29, 1.82) is 0 Å². The highest BCUT2D eigenvalue weighted by molar-refractivity contribution is 6.01. The van der Waals surface area contributed by atoms with Crippen LogP contribution in [-0.2, 0) is 16.2 Å². The van der Waals surface area contributed by atoms with Gasteiger partial charge in [0, 0.05) is 50.4 Å². The maximum absolute atomic E-state index is 2.68. The molecular weight excluding hydrogens is 799 g/mol. The van der Waals surface area contributed by atoms with Gasteiger partial charge in [0.2, 0.25) is 0 Å². The lowest BCUT2D eigenvalue weighted by Crippen LogP contribution is -2.43. The van der Waals surface area contributed by atoms with Crippen LogP contribution in [0.2, 0.25) is 0 Å². The van der Waals surface area contributed by atoms with Crippen LogP contribution in [0.4, 0.5) is 51.2 Å². The van der Waals surface area contributed by atoms with Crippen molar-refractivity contribution in [2.45, 2.75) is 57.8 Å². The van der Waals surface area contributed by atoms with E-state index in [-0.39, 0.29) is 16.2 Å². The van der Waals surface area contributed by atoms with E-state index in [1.807, 2.05) is 0 Å². The summed E-state index contributed by atoms with van der Waals surface area (Å²) in [6.07, 6.45) is 0. The van der Waals surface area contributed by atoms with E-state index < -0.39 is 0 Å². The van der Waals surface area contributed by atoms with E-state index in [1.165, 1.54) is 72.7 Å². The minimum absolute atomic E-state index is 0.279. The first kappa shape index (κ1) is 39.9. The van der Waals surface area contributed by atoms with Crippen molar-refractivity contribution in [3.05, 3.63) is 246 Å². The van der Waals surface area contributed by atoms with Crippen LogP contribution < -0.4 is 14.7 Å². The number of rotatable bonds is 8. The molecule has 3 heterocycles. The molecule has 9 aromatic rings. The van der Waals surface area contributed by atoms with Gasteiger partial charge in [-0.2, -0.15) is 0 Å². The summed E-state index contributed by atoms with van der Waals surface area (Å²) in [6.45, 7) is 14.7. The first-order valence-corrected chi connectivity index (χ1v) is 23.4. The third kappa shape index (κ3) is 5.96. The molecule has 3 aliphatic heterocycles. The molecule has 0 bridgehead atoms. The molecule has 0 aliphatic carbocycles. The first-order chi connectivity index (χ1) is 32.0. The van der Waals surface area contributed by atoms with Crippen molar-refractivity contribution in [3.8, 4) is 22.3 Å². The highest BCUT2D eigenvalue weighted by Gasteiger charge is 2.52. The summed E-state index contributed by atoms with van der Waals surface area (Å²) in [7, 11) is 0. The van der Waals surface area contributed by atoms with Gasteiger partial charge in [0.1, 0.15) is 0 Å². The van der Waals surface area contributed by atoms with E-state index >= 15 is 0 Å². The third-order valence-electron chi connectivity index (χ3n) is 14.9. The summed E-state index contributed by atoms with van der Waals surface area (Å²) in [5.74, 6) is 0. The summed E-state index contributed by atoms with van der Waals surface area (Å²) in [5.41, 5.74) is 22.8. The summed E-state index contributed by atoms with van der Waals surface area (Å²) in [4.78, 5) is 7.59. The van der Waals surface area contributed by atoms with Crippen molar-refractivity contribution in [2.75, 3.05) is 14.7 Å². The smallest absolute Gasteiger partial charge is 0.0545 e. The molecule has 320 valence electrons. The van der Waals surface area contributed by atoms with E-state index in [9.17, 15) is 0 Å². The van der Waals surface area contributed by atoms with Gasteiger partial charge in [-0.3, -0.25) is 0 Å². The molecule has 12 rings (SSSR count). The second-order valence-electron chi connectivity index (χ2n) is 19.9. The molecule has 0 spiro atoms. The van der Waals surface area contributed by atoms with E-state index in [2.05, 4.69) is 269 Å². The van der Waals surface area contributed by atoms with E-state index in [0.29, 0.717) is 0 Å². The molecule has 0 amide bonds. The largest absolute Gasteiger partial charge is 0.310 e. The van der Waals surface area contributed by atoms with Crippen LogP contribution in [0.15, 0.2) is 212 Å². The van der Waals surface area contributed by atoms with Crippen molar-refractivity contribution in [1.82, 2.24) is 0 Å². The quantitative estimate of drug-likeness (QED) is 0.151. The molecule has 0 unspecified atom stereocenters. The van der Waals surface area contributed by atoms with Crippen LogP contribution in [0.3, 0.4) is 0 Å². The molecule has 0 saturated heterocycles. The van der Waals surface area contributed by atoms with Gasteiger partial charge in [0.05, 0.1) is 17.1 Å². The van der Waals surface area contributed by atoms with Gasteiger partial charge in [-0.05, 0) is 128 Å². The van der Waals surface area contributed by atoms with Gasteiger partial charge in [0.25, 0.3) is 0 Å². The molecule has 0 N–H and O–H groups in total. The van der Waals surface area contributed by atoms with Gasteiger partial charge in [-0.1, -0.05) is 181 Å². The molecule has 3 heteroatoms. The zero-order valence-corrected chi connectivity index (χ0v) is 38.5. The topological polar surface area (TPSA) is 9.72 Å². The predicted octanol–water partition coefficient (Wildman–Crippen LogP) is 17.3. The average Bonchev–Trinajstić information content (AvgIpc) is 3.35. The minimum atomic E-state index is -0.383. The van der Waals surface area contributed by atoms with Crippen LogP contribution in [0.25, 0.3) is 22.3 Å². The van der Waals surface area contributed by atoms with Gasteiger partial charge in [-0.25, -0.2) is 0 Å². The Morgan fingerprint density at radius 3 is 0.879 bits per heavy atom. The van der Waals surface area contributed by atoms with Gasteiger partial charge in [0.15, 0.2) is 0 Å². The van der Waals surface area contributed by atoms with Crippen LogP contribution in [0.1, 0.15) is 74.9 Å². The van der Waals surface area contributed by atoms with Crippen LogP contribution >= 0.6 is 0 Å². The maximum Gasteiger partial charge on any atom is 0.0545 e. The molecule has 0 aromatic heterocycles. The molecule has 0 fully saturated rings. The lowest BCUT2D eigenvalue weighted by Gasteiger charge is -2.55. The fourth-order valence-corrected chi connectivity index (χ4v) is 11.4. The molecular formula is C63H53N3. The highest BCUT2D eigenvalue weighted by atomic mass is 15.2. The monoisotopic (exact) mass is 851 g/mol. The van der Waals surface area contributed by atoms with E-state index in [4.69, 9.17) is 0 Å². The summed E-state index contributed by atoms with van der Waals surface area (Å²) in [5, 5.41) is 0. The minimum Gasteiger partial charge on any atom is -0.310 e. The summed E-state index contributed by atoms with van der Waals surface area (Å²) >= 11 is 0.